The molecule has 2 aliphatic heterocycles. The van der Waals surface area contributed by atoms with Crippen molar-refractivity contribution in [3.05, 3.63) is 47.8 Å². The Balaban J connectivity index is 0.00000225. The second-order valence-electron chi connectivity index (χ2n) is 7.45. The number of guanidine groups is 1. The first-order valence-electron chi connectivity index (χ1n) is 9.98. The highest BCUT2D eigenvalue weighted by molar-refractivity contribution is 14.0. The second kappa shape index (κ2) is 9.62. The molecule has 7 heteroatoms. The van der Waals surface area contributed by atoms with Gasteiger partial charge in [-0.05, 0) is 37.0 Å². The first-order chi connectivity index (χ1) is 13.2. The summed E-state index contributed by atoms with van der Waals surface area (Å²) in [6.45, 7) is 6.64. The molecule has 0 aliphatic carbocycles. The fraction of sp³-hybridized carbons (Fsp3) is 0.524. The standard InChI is InChI=1S/C21H29N5O.HI/c1-3-22-21(26-10-8-17(15-26)18-13-24-25(2)14-18)23-12-16-9-11-27-20-7-5-4-6-19(16)20;/h4-7,13-14,16-17H,3,8-12,15H2,1-2H3,(H,22,23);1H. The number of benzene rings is 1. The first-order valence-corrected chi connectivity index (χ1v) is 9.98. The molecule has 0 spiro atoms. The van der Waals surface area contributed by atoms with E-state index in [0.717, 1.165) is 57.3 Å². The van der Waals surface area contributed by atoms with Gasteiger partial charge in [-0.25, -0.2) is 0 Å². The van der Waals surface area contributed by atoms with E-state index in [-0.39, 0.29) is 24.0 Å². The minimum absolute atomic E-state index is 0. The van der Waals surface area contributed by atoms with Crippen LogP contribution in [0.25, 0.3) is 0 Å². The van der Waals surface area contributed by atoms with Gasteiger partial charge in [0.25, 0.3) is 0 Å². The zero-order valence-electron chi connectivity index (χ0n) is 16.7. The Morgan fingerprint density at radius 2 is 2.18 bits per heavy atom. The quantitative estimate of drug-likeness (QED) is 0.402. The number of aryl methyl sites for hydroxylation is 1. The Morgan fingerprint density at radius 3 is 2.96 bits per heavy atom. The number of aliphatic imine (C=N–C) groups is 1. The summed E-state index contributed by atoms with van der Waals surface area (Å²) in [4.78, 5) is 7.40. The molecule has 0 bridgehead atoms. The normalized spacial score (nSPS) is 21.6. The fourth-order valence-electron chi connectivity index (χ4n) is 4.10. The Bertz CT molecular complexity index is 806. The lowest BCUT2D eigenvalue weighted by molar-refractivity contribution is 0.268. The molecule has 1 aromatic carbocycles. The topological polar surface area (TPSA) is 54.7 Å². The zero-order valence-corrected chi connectivity index (χ0v) is 19.0. The molecule has 1 fully saturated rings. The van der Waals surface area contributed by atoms with Crippen molar-refractivity contribution in [1.29, 1.82) is 0 Å². The molecular formula is C21H30IN5O. The third-order valence-electron chi connectivity index (χ3n) is 5.56. The molecule has 2 atom stereocenters. The van der Waals surface area contributed by atoms with Crippen LogP contribution in [-0.2, 0) is 7.05 Å². The maximum absolute atomic E-state index is 5.79. The number of rotatable bonds is 4. The van der Waals surface area contributed by atoms with Crippen molar-refractivity contribution in [3.63, 3.8) is 0 Å². The molecule has 1 saturated heterocycles. The summed E-state index contributed by atoms with van der Waals surface area (Å²) in [7, 11) is 1.98. The monoisotopic (exact) mass is 495 g/mol. The fourth-order valence-corrected chi connectivity index (χ4v) is 4.10. The van der Waals surface area contributed by atoms with E-state index in [1.807, 2.05) is 24.0 Å². The van der Waals surface area contributed by atoms with E-state index in [1.54, 1.807) is 0 Å². The van der Waals surface area contributed by atoms with E-state index in [2.05, 4.69) is 46.6 Å². The highest BCUT2D eigenvalue weighted by atomic mass is 127. The van der Waals surface area contributed by atoms with Crippen LogP contribution in [0.3, 0.4) is 0 Å². The van der Waals surface area contributed by atoms with Crippen molar-refractivity contribution >= 4 is 29.9 Å². The van der Waals surface area contributed by atoms with Gasteiger partial charge in [-0.2, -0.15) is 5.10 Å². The van der Waals surface area contributed by atoms with Crippen LogP contribution in [0.1, 0.15) is 42.7 Å². The zero-order chi connectivity index (χ0) is 18.6. The third kappa shape index (κ3) is 4.61. The molecule has 1 N–H and O–H groups in total. The summed E-state index contributed by atoms with van der Waals surface area (Å²) < 4.78 is 7.68. The summed E-state index contributed by atoms with van der Waals surface area (Å²) in [5, 5.41) is 7.82. The lowest BCUT2D eigenvalue weighted by atomic mass is 9.93. The summed E-state index contributed by atoms with van der Waals surface area (Å²) in [5.41, 5.74) is 2.62. The highest BCUT2D eigenvalue weighted by Crippen LogP contribution is 2.33. The predicted octanol–water partition coefficient (Wildman–Crippen LogP) is 3.36. The molecule has 0 amide bonds. The summed E-state index contributed by atoms with van der Waals surface area (Å²) in [6.07, 6.45) is 6.31. The van der Waals surface area contributed by atoms with Gasteiger partial charge < -0.3 is 15.0 Å². The van der Waals surface area contributed by atoms with E-state index >= 15 is 0 Å². The Morgan fingerprint density at radius 1 is 1.32 bits per heavy atom. The van der Waals surface area contributed by atoms with Gasteiger partial charge in [0.05, 0.1) is 12.8 Å². The van der Waals surface area contributed by atoms with Crippen molar-refractivity contribution < 1.29 is 4.74 Å². The molecule has 1 aromatic heterocycles. The van der Waals surface area contributed by atoms with E-state index in [1.165, 1.54) is 11.1 Å². The second-order valence-corrected chi connectivity index (χ2v) is 7.45. The molecule has 2 aliphatic rings. The molecule has 6 nitrogen and oxygen atoms in total. The Kier molecular flexibility index (Phi) is 7.20. The first kappa shape index (κ1) is 21.0. The average Bonchev–Trinajstić information content (AvgIpc) is 3.34. The van der Waals surface area contributed by atoms with Gasteiger partial charge in [0.1, 0.15) is 5.75 Å². The van der Waals surface area contributed by atoms with Crippen LogP contribution in [0.5, 0.6) is 5.75 Å². The molecule has 2 unspecified atom stereocenters. The number of hydrogen-bond donors (Lipinski definition) is 1. The summed E-state index contributed by atoms with van der Waals surface area (Å²) in [6, 6.07) is 8.37. The molecule has 3 heterocycles. The number of ether oxygens (including phenoxy) is 1. The van der Waals surface area contributed by atoms with Gasteiger partial charge in [-0.15, -0.1) is 24.0 Å². The summed E-state index contributed by atoms with van der Waals surface area (Å²) >= 11 is 0. The minimum Gasteiger partial charge on any atom is -0.493 e. The van der Waals surface area contributed by atoms with Crippen LogP contribution in [0.15, 0.2) is 41.7 Å². The smallest absolute Gasteiger partial charge is 0.193 e. The average molecular weight is 495 g/mol. The van der Waals surface area contributed by atoms with Crippen LogP contribution in [-0.4, -0.2) is 53.4 Å². The Hall–Kier alpha value is -1.77. The van der Waals surface area contributed by atoms with E-state index in [0.29, 0.717) is 11.8 Å². The van der Waals surface area contributed by atoms with Crippen molar-refractivity contribution in [2.24, 2.45) is 12.0 Å². The number of aromatic nitrogens is 2. The molecule has 0 radical (unpaired) electrons. The number of nitrogens with one attached hydrogen (secondary N) is 1. The molecule has 2 aromatic rings. The molecule has 4 rings (SSSR count). The molecular weight excluding hydrogens is 465 g/mol. The van der Waals surface area contributed by atoms with Crippen LogP contribution >= 0.6 is 24.0 Å². The maximum Gasteiger partial charge on any atom is 0.193 e. The van der Waals surface area contributed by atoms with Gasteiger partial charge in [0.15, 0.2) is 5.96 Å². The van der Waals surface area contributed by atoms with Crippen LogP contribution in [0.4, 0.5) is 0 Å². The minimum atomic E-state index is 0. The SMILES string of the molecule is CCNC(=NCC1CCOc2ccccc21)N1CCC(c2cnn(C)c2)C1.I. The predicted molar refractivity (Wildman–Crippen MR) is 123 cm³/mol. The van der Waals surface area contributed by atoms with Gasteiger partial charge in [0, 0.05) is 51.3 Å². The molecule has 152 valence electrons. The van der Waals surface area contributed by atoms with E-state index in [9.17, 15) is 0 Å². The maximum atomic E-state index is 5.79. The number of fused-ring (bicyclic) bond motifs is 1. The number of likely N-dealkylation sites (tertiary alicyclic amines) is 1. The van der Waals surface area contributed by atoms with E-state index in [4.69, 9.17) is 9.73 Å². The van der Waals surface area contributed by atoms with Crippen molar-refractivity contribution in [2.45, 2.75) is 31.6 Å². The van der Waals surface area contributed by atoms with Gasteiger partial charge in [-0.3, -0.25) is 9.67 Å². The van der Waals surface area contributed by atoms with Crippen LogP contribution in [0.2, 0.25) is 0 Å². The number of para-hydroxylation sites is 1. The number of halogens is 1. The number of nitrogens with zero attached hydrogens (tertiary/aromatic N) is 4. The van der Waals surface area contributed by atoms with Crippen LogP contribution in [0, 0.1) is 0 Å². The third-order valence-corrected chi connectivity index (χ3v) is 5.56. The van der Waals surface area contributed by atoms with Gasteiger partial charge in [0.2, 0.25) is 0 Å². The van der Waals surface area contributed by atoms with Crippen molar-refractivity contribution in [2.75, 3.05) is 32.8 Å². The lowest BCUT2D eigenvalue weighted by Crippen LogP contribution is -2.40. The van der Waals surface area contributed by atoms with Gasteiger partial charge >= 0.3 is 0 Å². The Labute approximate surface area is 184 Å². The van der Waals surface area contributed by atoms with Crippen molar-refractivity contribution in [3.8, 4) is 5.75 Å². The van der Waals surface area contributed by atoms with Crippen molar-refractivity contribution in [1.82, 2.24) is 20.0 Å². The molecule has 28 heavy (non-hydrogen) atoms. The highest BCUT2D eigenvalue weighted by Gasteiger charge is 2.27. The number of hydrogen-bond acceptors (Lipinski definition) is 3. The summed E-state index contributed by atoms with van der Waals surface area (Å²) in [5.74, 6) is 3.02. The largest absolute Gasteiger partial charge is 0.493 e. The van der Waals surface area contributed by atoms with Gasteiger partial charge in [-0.1, -0.05) is 18.2 Å². The lowest BCUT2D eigenvalue weighted by Gasteiger charge is -2.26. The van der Waals surface area contributed by atoms with E-state index < -0.39 is 0 Å². The van der Waals surface area contributed by atoms with Crippen LogP contribution < -0.4 is 10.1 Å². The molecule has 0 saturated carbocycles.